The summed E-state index contributed by atoms with van der Waals surface area (Å²) >= 11 is 0. The quantitative estimate of drug-likeness (QED) is 0.746. The van der Waals surface area contributed by atoms with E-state index in [4.69, 9.17) is 9.15 Å². The molecule has 3 nitrogen and oxygen atoms in total. The second-order valence-corrected chi connectivity index (χ2v) is 3.73. The fourth-order valence-electron chi connectivity index (χ4n) is 1.69. The largest absolute Gasteiger partial charge is 0.485 e. The maximum atomic E-state index is 11.5. The zero-order chi connectivity index (χ0) is 10.8. The molecule has 0 amide bonds. The van der Waals surface area contributed by atoms with Crippen molar-refractivity contribution in [2.45, 2.75) is 32.8 Å². The maximum Gasteiger partial charge on any atom is 0.346 e. The van der Waals surface area contributed by atoms with Crippen molar-refractivity contribution in [1.29, 1.82) is 0 Å². The molecule has 2 rings (SSSR count). The summed E-state index contributed by atoms with van der Waals surface area (Å²) in [4.78, 5) is 11.5. The molecule has 0 saturated carbocycles. The molecule has 1 aliphatic heterocycles. The van der Waals surface area contributed by atoms with E-state index in [1.165, 1.54) is 0 Å². The first-order valence-electron chi connectivity index (χ1n) is 5.20. The van der Waals surface area contributed by atoms with Crippen molar-refractivity contribution in [2.75, 3.05) is 0 Å². The van der Waals surface area contributed by atoms with Crippen molar-refractivity contribution in [3.63, 3.8) is 0 Å². The summed E-state index contributed by atoms with van der Waals surface area (Å²) in [6.45, 7) is 3.86. The highest BCUT2D eigenvalue weighted by atomic mass is 16.5. The predicted octanol–water partition coefficient (Wildman–Crippen LogP) is 2.52. The summed E-state index contributed by atoms with van der Waals surface area (Å²) in [5.41, 5.74) is 0.198. The number of fused-ring (bicyclic) bond motifs is 1. The van der Waals surface area contributed by atoms with Gasteiger partial charge in [0.1, 0.15) is 23.2 Å². The van der Waals surface area contributed by atoms with Gasteiger partial charge in [0.15, 0.2) is 0 Å². The average molecular weight is 206 g/mol. The van der Waals surface area contributed by atoms with Gasteiger partial charge in [-0.25, -0.2) is 4.79 Å². The Labute approximate surface area is 88.4 Å². The minimum atomic E-state index is -0.323. The minimum Gasteiger partial charge on any atom is -0.485 e. The molecule has 2 heterocycles. The van der Waals surface area contributed by atoms with Crippen LogP contribution in [0.2, 0.25) is 0 Å². The van der Waals surface area contributed by atoms with Crippen molar-refractivity contribution in [1.82, 2.24) is 0 Å². The first-order valence-corrected chi connectivity index (χ1v) is 5.20. The van der Waals surface area contributed by atoms with Gasteiger partial charge in [-0.3, -0.25) is 0 Å². The van der Waals surface area contributed by atoms with E-state index in [0.717, 1.165) is 12.8 Å². The minimum absolute atomic E-state index is 0.0868. The van der Waals surface area contributed by atoms with Gasteiger partial charge in [-0.2, -0.15) is 0 Å². The van der Waals surface area contributed by atoms with Gasteiger partial charge < -0.3 is 9.15 Å². The fourth-order valence-corrected chi connectivity index (χ4v) is 1.69. The van der Waals surface area contributed by atoms with Crippen LogP contribution in [0, 0.1) is 6.92 Å². The summed E-state index contributed by atoms with van der Waals surface area (Å²) in [5, 5.41) is 0. The van der Waals surface area contributed by atoms with E-state index >= 15 is 0 Å². The third kappa shape index (κ3) is 1.96. The Bertz CT molecular complexity index is 443. The summed E-state index contributed by atoms with van der Waals surface area (Å²) in [7, 11) is 0. The lowest BCUT2D eigenvalue weighted by Gasteiger charge is -2.20. The molecule has 1 aromatic heterocycles. The Hall–Kier alpha value is -1.51. The van der Waals surface area contributed by atoms with Crippen LogP contribution in [0.3, 0.4) is 0 Å². The molecule has 0 saturated heterocycles. The Balaban J connectivity index is 2.37. The van der Waals surface area contributed by atoms with E-state index < -0.39 is 0 Å². The second-order valence-electron chi connectivity index (χ2n) is 3.73. The predicted molar refractivity (Wildman–Crippen MR) is 58.1 cm³/mol. The van der Waals surface area contributed by atoms with Crippen molar-refractivity contribution in [3.05, 3.63) is 33.9 Å². The van der Waals surface area contributed by atoms with E-state index in [2.05, 4.69) is 6.92 Å². The van der Waals surface area contributed by atoms with Crippen molar-refractivity contribution in [3.8, 4) is 5.75 Å². The van der Waals surface area contributed by atoms with Crippen LogP contribution in [0.4, 0.5) is 0 Å². The summed E-state index contributed by atoms with van der Waals surface area (Å²) in [6.07, 6.45) is 5.83. The van der Waals surface area contributed by atoms with Gasteiger partial charge in [-0.05, 0) is 25.5 Å². The highest BCUT2D eigenvalue weighted by Crippen LogP contribution is 2.25. The van der Waals surface area contributed by atoms with Crippen LogP contribution in [-0.4, -0.2) is 6.10 Å². The molecule has 0 fully saturated rings. The summed E-state index contributed by atoms with van der Waals surface area (Å²) in [5.74, 6) is 1.23. The Morgan fingerprint density at radius 2 is 2.27 bits per heavy atom. The molecule has 15 heavy (non-hydrogen) atoms. The highest BCUT2D eigenvalue weighted by Gasteiger charge is 2.17. The number of rotatable bonds is 2. The first kappa shape index (κ1) is 10.0. The molecule has 0 N–H and O–H groups in total. The number of hydrogen-bond donors (Lipinski definition) is 0. The number of aryl methyl sites for hydroxylation is 1. The lowest BCUT2D eigenvalue weighted by molar-refractivity contribution is 0.230. The molecular weight excluding hydrogens is 192 g/mol. The fraction of sp³-hybridized carbons (Fsp3) is 0.417. The molecule has 0 spiro atoms. The Kier molecular flexibility index (Phi) is 2.62. The van der Waals surface area contributed by atoms with Crippen molar-refractivity contribution < 1.29 is 9.15 Å². The van der Waals surface area contributed by atoms with Gasteiger partial charge in [0.25, 0.3) is 0 Å². The van der Waals surface area contributed by atoms with Crippen LogP contribution < -0.4 is 10.4 Å². The smallest absolute Gasteiger partial charge is 0.346 e. The van der Waals surface area contributed by atoms with Crippen molar-refractivity contribution >= 4 is 6.08 Å². The Morgan fingerprint density at radius 1 is 1.47 bits per heavy atom. The SMILES string of the molecule is CCCC1C=Cc2c(cc(C)oc2=O)O1. The molecule has 0 bridgehead atoms. The third-order valence-corrected chi connectivity index (χ3v) is 2.40. The normalized spacial score (nSPS) is 18.4. The molecule has 1 aliphatic rings. The van der Waals surface area contributed by atoms with Gasteiger partial charge in [-0.15, -0.1) is 0 Å². The van der Waals surface area contributed by atoms with Crippen LogP contribution in [-0.2, 0) is 0 Å². The summed E-state index contributed by atoms with van der Waals surface area (Å²) in [6, 6.07) is 1.77. The van der Waals surface area contributed by atoms with Gasteiger partial charge in [0, 0.05) is 6.07 Å². The molecule has 1 unspecified atom stereocenters. The lowest BCUT2D eigenvalue weighted by atomic mass is 10.1. The van der Waals surface area contributed by atoms with Gasteiger partial charge in [0.2, 0.25) is 0 Å². The Morgan fingerprint density at radius 3 is 3.00 bits per heavy atom. The topological polar surface area (TPSA) is 39.4 Å². The number of hydrogen-bond acceptors (Lipinski definition) is 3. The van der Waals surface area contributed by atoms with E-state index in [0.29, 0.717) is 17.1 Å². The maximum absolute atomic E-state index is 11.5. The van der Waals surface area contributed by atoms with E-state index in [9.17, 15) is 4.79 Å². The average Bonchev–Trinajstić information content (AvgIpc) is 2.17. The van der Waals surface area contributed by atoms with Gasteiger partial charge in [-0.1, -0.05) is 13.3 Å². The zero-order valence-corrected chi connectivity index (χ0v) is 8.95. The highest BCUT2D eigenvalue weighted by molar-refractivity contribution is 5.58. The lowest BCUT2D eigenvalue weighted by Crippen LogP contribution is -2.20. The van der Waals surface area contributed by atoms with Crippen LogP contribution in [0.25, 0.3) is 6.08 Å². The van der Waals surface area contributed by atoms with Crippen LogP contribution in [0.1, 0.15) is 31.1 Å². The van der Waals surface area contributed by atoms with Gasteiger partial charge >= 0.3 is 5.63 Å². The molecule has 80 valence electrons. The number of ether oxygens (including phenoxy) is 1. The third-order valence-electron chi connectivity index (χ3n) is 2.40. The van der Waals surface area contributed by atoms with Crippen LogP contribution in [0.5, 0.6) is 5.75 Å². The monoisotopic (exact) mass is 206 g/mol. The molecule has 3 heteroatoms. The molecule has 0 aromatic carbocycles. The molecule has 0 radical (unpaired) electrons. The second kappa shape index (κ2) is 3.93. The molecule has 0 aliphatic carbocycles. The van der Waals surface area contributed by atoms with Crippen molar-refractivity contribution in [2.24, 2.45) is 0 Å². The molecule has 1 atom stereocenters. The van der Waals surface area contributed by atoms with E-state index in [-0.39, 0.29) is 11.7 Å². The first-order chi connectivity index (χ1) is 7.20. The van der Waals surface area contributed by atoms with Gasteiger partial charge in [0.05, 0.1) is 0 Å². The molecule has 1 aromatic rings. The summed E-state index contributed by atoms with van der Waals surface area (Å²) < 4.78 is 10.7. The van der Waals surface area contributed by atoms with Crippen LogP contribution >= 0.6 is 0 Å². The zero-order valence-electron chi connectivity index (χ0n) is 8.95. The molecular formula is C12H14O3. The standard InChI is InChI=1S/C12H14O3/c1-3-4-9-5-6-10-11(15-9)7-8(2)14-12(10)13/h5-7,9H,3-4H2,1-2H3. The van der Waals surface area contributed by atoms with E-state index in [1.54, 1.807) is 19.1 Å². The van der Waals surface area contributed by atoms with E-state index in [1.807, 2.05) is 6.08 Å². The van der Waals surface area contributed by atoms with Crippen LogP contribution in [0.15, 0.2) is 21.4 Å².